The molecular formula is C16H11N3O4S2. The number of hydrogen-bond acceptors (Lipinski definition) is 6. The fraction of sp³-hybridized carbons (Fsp3) is 0.0625. The Labute approximate surface area is 151 Å². The van der Waals surface area contributed by atoms with E-state index < -0.39 is 16.7 Å². The summed E-state index contributed by atoms with van der Waals surface area (Å²) in [4.78, 5) is 36.9. The summed E-state index contributed by atoms with van der Waals surface area (Å²) in [5, 5.41) is 13.2. The number of thiophene rings is 1. The highest BCUT2D eigenvalue weighted by molar-refractivity contribution is 7.80. The molecule has 2 aromatic rings. The SMILES string of the molecule is Cc1cccc(N2C(=O)/C(=C\c3ccc([N+](=O)[O-])s3)C(=O)NC2=S)c1. The molecule has 2 amide bonds. The topological polar surface area (TPSA) is 92.6 Å². The molecule has 0 atom stereocenters. The maximum atomic E-state index is 12.8. The van der Waals surface area contributed by atoms with E-state index in [1.807, 2.05) is 13.0 Å². The van der Waals surface area contributed by atoms with E-state index in [4.69, 9.17) is 12.2 Å². The highest BCUT2D eigenvalue weighted by atomic mass is 32.1. The average Bonchev–Trinajstić information content (AvgIpc) is 3.00. The summed E-state index contributed by atoms with van der Waals surface area (Å²) in [7, 11) is 0. The number of thiocarbonyl (C=S) groups is 1. The van der Waals surface area contributed by atoms with Gasteiger partial charge in [-0.1, -0.05) is 23.5 Å². The minimum Gasteiger partial charge on any atom is -0.298 e. The van der Waals surface area contributed by atoms with Gasteiger partial charge in [0.25, 0.3) is 11.8 Å². The molecule has 25 heavy (non-hydrogen) atoms. The largest absolute Gasteiger partial charge is 0.324 e. The lowest BCUT2D eigenvalue weighted by atomic mass is 10.1. The molecule has 126 valence electrons. The first-order chi connectivity index (χ1) is 11.9. The van der Waals surface area contributed by atoms with Gasteiger partial charge in [0.15, 0.2) is 5.11 Å². The van der Waals surface area contributed by atoms with E-state index in [1.54, 1.807) is 18.2 Å². The van der Waals surface area contributed by atoms with Crippen molar-refractivity contribution in [3.8, 4) is 0 Å². The van der Waals surface area contributed by atoms with E-state index in [-0.39, 0.29) is 15.7 Å². The molecular weight excluding hydrogens is 362 g/mol. The first kappa shape index (κ1) is 16.9. The molecule has 3 rings (SSSR count). The molecule has 1 saturated heterocycles. The molecule has 1 aliphatic heterocycles. The van der Waals surface area contributed by atoms with Crippen LogP contribution in [0.25, 0.3) is 6.08 Å². The minimum absolute atomic E-state index is 0.00471. The first-order valence-corrected chi connectivity index (χ1v) is 8.31. The van der Waals surface area contributed by atoms with Gasteiger partial charge in [0.2, 0.25) is 0 Å². The molecule has 9 heteroatoms. The zero-order chi connectivity index (χ0) is 18.1. The summed E-state index contributed by atoms with van der Waals surface area (Å²) in [5.41, 5.74) is 1.34. The monoisotopic (exact) mass is 373 g/mol. The number of carbonyl (C=O) groups is 2. The molecule has 1 N–H and O–H groups in total. The van der Waals surface area contributed by atoms with Crippen molar-refractivity contribution < 1.29 is 14.5 Å². The Kier molecular flexibility index (Phi) is 4.43. The van der Waals surface area contributed by atoms with Crippen LogP contribution in [-0.4, -0.2) is 21.9 Å². The molecule has 0 unspecified atom stereocenters. The maximum absolute atomic E-state index is 12.8. The van der Waals surface area contributed by atoms with Crippen LogP contribution >= 0.6 is 23.6 Å². The summed E-state index contributed by atoms with van der Waals surface area (Å²) in [6, 6.07) is 9.95. The fourth-order valence-electron chi connectivity index (χ4n) is 2.32. The number of hydrogen-bond donors (Lipinski definition) is 1. The highest BCUT2D eigenvalue weighted by Gasteiger charge is 2.34. The number of carbonyl (C=O) groups excluding carboxylic acids is 2. The standard InChI is InChI=1S/C16H11N3O4S2/c1-9-3-2-4-10(7-9)18-15(21)12(14(20)17-16(18)24)8-11-5-6-13(25-11)19(22)23/h2-8H,1H3,(H,17,20,24)/b12-8-. The van der Waals surface area contributed by atoms with Crippen LogP contribution in [0.1, 0.15) is 10.4 Å². The predicted molar refractivity (Wildman–Crippen MR) is 98.4 cm³/mol. The van der Waals surface area contributed by atoms with Crippen molar-refractivity contribution in [3.63, 3.8) is 0 Å². The summed E-state index contributed by atoms with van der Waals surface area (Å²) in [6.07, 6.45) is 1.33. The van der Waals surface area contributed by atoms with Gasteiger partial charge in [-0.25, -0.2) is 0 Å². The highest BCUT2D eigenvalue weighted by Crippen LogP contribution is 2.28. The van der Waals surface area contributed by atoms with E-state index in [9.17, 15) is 19.7 Å². The molecule has 0 saturated carbocycles. The van der Waals surface area contributed by atoms with Crippen molar-refractivity contribution >= 4 is 57.2 Å². The summed E-state index contributed by atoms with van der Waals surface area (Å²) in [5.74, 6) is -1.20. The fourth-order valence-corrected chi connectivity index (χ4v) is 3.37. The number of benzene rings is 1. The molecule has 0 bridgehead atoms. The van der Waals surface area contributed by atoms with Crippen LogP contribution in [0.15, 0.2) is 42.0 Å². The van der Waals surface area contributed by atoms with Gasteiger partial charge in [0.1, 0.15) is 5.57 Å². The molecule has 7 nitrogen and oxygen atoms in total. The lowest BCUT2D eigenvalue weighted by Gasteiger charge is -2.29. The second-order valence-electron chi connectivity index (χ2n) is 5.23. The zero-order valence-electron chi connectivity index (χ0n) is 12.9. The Hall–Kier alpha value is -2.91. The van der Waals surface area contributed by atoms with Gasteiger partial charge in [0.05, 0.1) is 10.6 Å². The number of nitrogens with zero attached hydrogens (tertiary/aromatic N) is 2. The van der Waals surface area contributed by atoms with Crippen molar-refractivity contribution in [2.75, 3.05) is 4.90 Å². The number of amides is 2. The number of nitro groups is 1. The van der Waals surface area contributed by atoms with Crippen LogP contribution in [-0.2, 0) is 9.59 Å². The number of rotatable bonds is 3. The molecule has 1 aromatic carbocycles. The third kappa shape index (κ3) is 3.32. The second-order valence-corrected chi connectivity index (χ2v) is 6.71. The van der Waals surface area contributed by atoms with Crippen LogP contribution in [0.2, 0.25) is 0 Å². The third-order valence-corrected chi connectivity index (χ3v) is 4.71. The van der Waals surface area contributed by atoms with Gasteiger partial charge in [-0.15, -0.1) is 0 Å². The minimum atomic E-state index is -0.630. The summed E-state index contributed by atoms with van der Waals surface area (Å²) < 4.78 is 0. The Balaban J connectivity index is 2.00. The lowest BCUT2D eigenvalue weighted by Crippen LogP contribution is -2.54. The van der Waals surface area contributed by atoms with Crippen molar-refractivity contribution in [2.24, 2.45) is 0 Å². The van der Waals surface area contributed by atoms with Crippen molar-refractivity contribution in [1.82, 2.24) is 5.32 Å². The van der Waals surface area contributed by atoms with E-state index in [0.29, 0.717) is 10.6 Å². The Morgan fingerprint density at radius 2 is 2.04 bits per heavy atom. The summed E-state index contributed by atoms with van der Waals surface area (Å²) >= 11 is 6.00. The average molecular weight is 373 g/mol. The predicted octanol–water partition coefficient (Wildman–Crippen LogP) is 2.80. The van der Waals surface area contributed by atoms with Crippen molar-refractivity contribution in [1.29, 1.82) is 0 Å². The smallest absolute Gasteiger partial charge is 0.298 e. The van der Waals surface area contributed by atoms with Gasteiger partial charge in [-0.3, -0.25) is 29.9 Å². The van der Waals surface area contributed by atoms with E-state index in [1.165, 1.54) is 23.1 Å². The van der Waals surface area contributed by atoms with Crippen molar-refractivity contribution in [3.05, 3.63) is 62.5 Å². The van der Waals surface area contributed by atoms with Crippen LogP contribution in [0.4, 0.5) is 10.7 Å². The number of nitrogens with one attached hydrogen (secondary N) is 1. The molecule has 1 fully saturated rings. The van der Waals surface area contributed by atoms with Gasteiger partial charge in [-0.2, -0.15) is 0 Å². The molecule has 1 aromatic heterocycles. The van der Waals surface area contributed by atoms with Crippen molar-refractivity contribution in [2.45, 2.75) is 6.92 Å². The Morgan fingerprint density at radius 1 is 1.28 bits per heavy atom. The normalized spacial score (nSPS) is 16.3. The summed E-state index contributed by atoms with van der Waals surface area (Å²) in [6.45, 7) is 1.88. The molecule has 1 aliphatic rings. The third-order valence-electron chi connectivity index (χ3n) is 3.44. The van der Waals surface area contributed by atoms with Crippen LogP contribution in [0.3, 0.4) is 0 Å². The number of anilines is 1. The van der Waals surface area contributed by atoms with E-state index in [2.05, 4.69) is 5.32 Å². The van der Waals surface area contributed by atoms with Crippen LogP contribution in [0, 0.1) is 17.0 Å². The van der Waals surface area contributed by atoms with E-state index in [0.717, 1.165) is 16.9 Å². The Morgan fingerprint density at radius 3 is 2.68 bits per heavy atom. The molecule has 2 heterocycles. The Bertz CT molecular complexity index is 948. The van der Waals surface area contributed by atoms with Gasteiger partial charge in [0, 0.05) is 10.9 Å². The van der Waals surface area contributed by atoms with Gasteiger partial charge in [-0.05, 0) is 49.0 Å². The maximum Gasteiger partial charge on any atom is 0.324 e. The van der Waals surface area contributed by atoms with Gasteiger partial charge >= 0.3 is 5.00 Å². The molecule has 0 aliphatic carbocycles. The van der Waals surface area contributed by atoms with Crippen LogP contribution < -0.4 is 10.2 Å². The first-order valence-electron chi connectivity index (χ1n) is 7.09. The molecule has 0 spiro atoms. The zero-order valence-corrected chi connectivity index (χ0v) is 14.5. The van der Waals surface area contributed by atoms with Gasteiger partial charge < -0.3 is 0 Å². The lowest BCUT2D eigenvalue weighted by molar-refractivity contribution is -0.380. The number of aryl methyl sites for hydroxylation is 1. The second kappa shape index (κ2) is 6.54. The van der Waals surface area contributed by atoms with Crippen LogP contribution in [0.5, 0.6) is 0 Å². The molecule has 0 radical (unpaired) electrons. The quantitative estimate of drug-likeness (QED) is 0.294. The van der Waals surface area contributed by atoms with E-state index >= 15 is 0 Å².